The Labute approximate surface area is 141 Å². The topological polar surface area (TPSA) is 65.4 Å². The molecule has 2 aromatic rings. The Morgan fingerprint density at radius 2 is 2.04 bits per heavy atom. The van der Waals surface area contributed by atoms with Crippen LogP contribution in [0.15, 0.2) is 24.3 Å². The van der Waals surface area contributed by atoms with Crippen molar-refractivity contribution in [3.63, 3.8) is 0 Å². The molecule has 0 radical (unpaired) electrons. The van der Waals surface area contributed by atoms with Gasteiger partial charge in [0.1, 0.15) is 12.2 Å². The molecule has 0 aliphatic carbocycles. The van der Waals surface area contributed by atoms with Gasteiger partial charge in [0.25, 0.3) is 5.91 Å². The van der Waals surface area contributed by atoms with Crippen molar-refractivity contribution >= 4 is 5.91 Å². The number of terminal acetylenes is 1. The third-order valence-corrected chi connectivity index (χ3v) is 3.52. The largest absolute Gasteiger partial charge is 0.493 e. The molecule has 1 aromatic heterocycles. The van der Waals surface area contributed by atoms with E-state index in [1.807, 2.05) is 25.1 Å². The molecule has 1 aromatic carbocycles. The smallest absolute Gasteiger partial charge is 0.269 e. The van der Waals surface area contributed by atoms with Gasteiger partial charge in [0.15, 0.2) is 11.5 Å². The van der Waals surface area contributed by atoms with Crippen LogP contribution in [0.4, 0.5) is 0 Å². The van der Waals surface area contributed by atoms with E-state index in [-0.39, 0.29) is 12.5 Å². The number of amides is 1. The second-order valence-corrected chi connectivity index (χ2v) is 5.23. The first-order valence-corrected chi connectivity index (χ1v) is 7.56. The number of methoxy groups -OCH3 is 2. The lowest BCUT2D eigenvalue weighted by molar-refractivity contribution is 0.0944. The number of hydrogen-bond donors (Lipinski definition) is 1. The highest BCUT2D eigenvalue weighted by Gasteiger charge is 2.13. The molecular formula is C18H21N3O3. The lowest BCUT2D eigenvalue weighted by Gasteiger charge is -2.10. The van der Waals surface area contributed by atoms with E-state index in [1.165, 1.54) is 4.68 Å². The van der Waals surface area contributed by atoms with Crippen molar-refractivity contribution in [2.24, 2.45) is 0 Å². The third-order valence-electron chi connectivity index (χ3n) is 3.52. The number of aromatic nitrogens is 2. The molecular weight excluding hydrogens is 306 g/mol. The number of nitrogens with one attached hydrogen (secondary N) is 1. The highest BCUT2D eigenvalue weighted by molar-refractivity contribution is 5.92. The van der Waals surface area contributed by atoms with E-state index >= 15 is 0 Å². The molecule has 6 nitrogen and oxygen atoms in total. The predicted octanol–water partition coefficient (Wildman–Crippen LogP) is 1.81. The number of aryl methyl sites for hydroxylation is 1. The zero-order valence-corrected chi connectivity index (χ0v) is 14.1. The van der Waals surface area contributed by atoms with E-state index in [0.717, 1.165) is 11.3 Å². The van der Waals surface area contributed by atoms with Crippen molar-refractivity contribution in [3.8, 4) is 23.8 Å². The molecule has 1 heterocycles. The number of benzene rings is 1. The zero-order valence-electron chi connectivity index (χ0n) is 14.1. The summed E-state index contributed by atoms with van der Waals surface area (Å²) in [6.07, 6.45) is 5.98. The Bertz CT molecular complexity index is 759. The molecule has 0 saturated heterocycles. The second kappa shape index (κ2) is 8.06. The van der Waals surface area contributed by atoms with E-state index < -0.39 is 0 Å². The van der Waals surface area contributed by atoms with E-state index in [2.05, 4.69) is 16.3 Å². The van der Waals surface area contributed by atoms with Gasteiger partial charge in [-0.05, 0) is 37.1 Å². The molecule has 0 aliphatic rings. The van der Waals surface area contributed by atoms with Crippen LogP contribution >= 0.6 is 0 Å². The van der Waals surface area contributed by atoms with Crippen molar-refractivity contribution in [1.29, 1.82) is 0 Å². The number of ether oxygens (including phenoxy) is 2. The fraction of sp³-hybridized carbons (Fsp3) is 0.333. The molecule has 0 aliphatic heterocycles. The van der Waals surface area contributed by atoms with Gasteiger partial charge in [0.2, 0.25) is 0 Å². The SMILES string of the molecule is C#CCn1nc(C)cc1C(=O)NCCc1ccc(OC)c(OC)c1. The van der Waals surface area contributed by atoms with E-state index in [1.54, 1.807) is 20.3 Å². The van der Waals surface area contributed by atoms with Gasteiger partial charge in [0, 0.05) is 6.54 Å². The summed E-state index contributed by atoms with van der Waals surface area (Å²) in [6, 6.07) is 7.42. The summed E-state index contributed by atoms with van der Waals surface area (Å²) >= 11 is 0. The van der Waals surface area contributed by atoms with Gasteiger partial charge in [-0.2, -0.15) is 5.10 Å². The number of rotatable bonds is 7. The summed E-state index contributed by atoms with van der Waals surface area (Å²) in [7, 11) is 3.19. The maximum atomic E-state index is 12.3. The summed E-state index contributed by atoms with van der Waals surface area (Å²) in [5.41, 5.74) is 2.27. The van der Waals surface area contributed by atoms with Crippen LogP contribution in [-0.2, 0) is 13.0 Å². The Balaban J connectivity index is 1.97. The third kappa shape index (κ3) is 4.07. The molecule has 0 spiro atoms. The van der Waals surface area contributed by atoms with E-state index in [9.17, 15) is 4.79 Å². The average Bonchev–Trinajstić information content (AvgIpc) is 2.95. The first-order valence-electron chi connectivity index (χ1n) is 7.56. The lowest BCUT2D eigenvalue weighted by Crippen LogP contribution is -2.28. The molecule has 6 heteroatoms. The number of carbonyl (C=O) groups is 1. The molecule has 0 atom stereocenters. The fourth-order valence-electron chi connectivity index (χ4n) is 2.38. The van der Waals surface area contributed by atoms with Gasteiger partial charge in [-0.25, -0.2) is 4.68 Å². The first kappa shape index (κ1) is 17.4. The summed E-state index contributed by atoms with van der Waals surface area (Å²) in [6.45, 7) is 2.59. The summed E-state index contributed by atoms with van der Waals surface area (Å²) in [4.78, 5) is 12.3. The van der Waals surface area contributed by atoms with Gasteiger partial charge in [0.05, 0.1) is 19.9 Å². The van der Waals surface area contributed by atoms with E-state index in [4.69, 9.17) is 15.9 Å². The molecule has 126 valence electrons. The Kier molecular flexibility index (Phi) is 5.85. The highest BCUT2D eigenvalue weighted by Crippen LogP contribution is 2.27. The molecule has 24 heavy (non-hydrogen) atoms. The van der Waals surface area contributed by atoms with Crippen molar-refractivity contribution in [2.45, 2.75) is 19.9 Å². The number of carbonyl (C=O) groups excluding carboxylic acids is 1. The standard InChI is InChI=1S/C18H21N3O3/c1-5-10-21-15(11-13(2)20-21)18(22)19-9-8-14-6-7-16(23-3)17(12-14)24-4/h1,6-7,11-12H,8-10H2,2-4H3,(H,19,22). The van der Waals surface area contributed by atoms with Gasteiger partial charge in [-0.1, -0.05) is 12.0 Å². The zero-order chi connectivity index (χ0) is 17.5. The van der Waals surface area contributed by atoms with Crippen LogP contribution in [0.5, 0.6) is 11.5 Å². The van der Waals surface area contributed by atoms with Gasteiger partial charge >= 0.3 is 0 Å². The molecule has 0 saturated carbocycles. The van der Waals surface area contributed by atoms with Crippen LogP contribution in [-0.4, -0.2) is 36.5 Å². The van der Waals surface area contributed by atoms with Crippen molar-refractivity contribution in [2.75, 3.05) is 20.8 Å². The van der Waals surface area contributed by atoms with Crippen LogP contribution < -0.4 is 14.8 Å². The summed E-state index contributed by atoms with van der Waals surface area (Å²) in [5, 5.41) is 7.10. The quantitative estimate of drug-likeness (QED) is 0.788. The highest BCUT2D eigenvalue weighted by atomic mass is 16.5. The first-order chi connectivity index (χ1) is 11.6. The molecule has 2 rings (SSSR count). The maximum Gasteiger partial charge on any atom is 0.269 e. The number of hydrogen-bond acceptors (Lipinski definition) is 4. The fourth-order valence-corrected chi connectivity index (χ4v) is 2.38. The van der Waals surface area contributed by atoms with Crippen LogP contribution in [0.25, 0.3) is 0 Å². The minimum absolute atomic E-state index is 0.189. The molecule has 0 unspecified atom stereocenters. The predicted molar refractivity (Wildman–Crippen MR) is 91.4 cm³/mol. The minimum Gasteiger partial charge on any atom is -0.493 e. The minimum atomic E-state index is -0.189. The van der Waals surface area contributed by atoms with Gasteiger partial charge < -0.3 is 14.8 Å². The van der Waals surface area contributed by atoms with Crippen molar-refractivity contribution in [1.82, 2.24) is 15.1 Å². The van der Waals surface area contributed by atoms with Crippen LogP contribution in [0, 0.1) is 19.3 Å². The maximum absolute atomic E-state index is 12.3. The Hall–Kier alpha value is -2.94. The molecule has 1 amide bonds. The summed E-state index contributed by atoms with van der Waals surface area (Å²) < 4.78 is 12.0. The second-order valence-electron chi connectivity index (χ2n) is 5.23. The Morgan fingerprint density at radius 1 is 1.29 bits per heavy atom. The van der Waals surface area contributed by atoms with Gasteiger partial charge in [-0.3, -0.25) is 4.79 Å². The normalized spacial score (nSPS) is 10.1. The molecule has 0 fully saturated rings. The lowest BCUT2D eigenvalue weighted by atomic mass is 10.1. The van der Waals surface area contributed by atoms with Crippen LogP contribution in [0.1, 0.15) is 21.7 Å². The van der Waals surface area contributed by atoms with Gasteiger partial charge in [-0.15, -0.1) is 6.42 Å². The van der Waals surface area contributed by atoms with Crippen LogP contribution in [0.3, 0.4) is 0 Å². The average molecular weight is 327 g/mol. The Morgan fingerprint density at radius 3 is 2.71 bits per heavy atom. The molecule has 1 N–H and O–H groups in total. The summed E-state index contributed by atoms with van der Waals surface area (Å²) in [5.74, 6) is 3.65. The monoisotopic (exact) mass is 327 g/mol. The van der Waals surface area contributed by atoms with Crippen LogP contribution in [0.2, 0.25) is 0 Å². The van der Waals surface area contributed by atoms with Crippen molar-refractivity contribution < 1.29 is 14.3 Å². The number of nitrogens with zero attached hydrogens (tertiary/aromatic N) is 2. The van der Waals surface area contributed by atoms with E-state index in [0.29, 0.717) is 30.2 Å². The van der Waals surface area contributed by atoms with Crippen molar-refractivity contribution in [3.05, 3.63) is 41.2 Å². The molecule has 0 bridgehead atoms.